The van der Waals surface area contributed by atoms with Gasteiger partial charge in [0.05, 0.1) is 0 Å². The Morgan fingerprint density at radius 3 is 2.67 bits per heavy atom. The average Bonchev–Trinajstić information content (AvgIpc) is 2.36. The second-order valence-corrected chi connectivity index (χ2v) is 4.56. The standard InChI is InChI=1S/C11H23N/c1-10(2)6-4-8-12-9-5-7-11(12)3/h10-11H,4-9H2,1-3H3. The fourth-order valence-electron chi connectivity index (χ4n) is 2.03. The Kier molecular flexibility index (Phi) is 4.07. The van der Waals surface area contributed by atoms with Crippen molar-refractivity contribution >= 4 is 0 Å². The Labute approximate surface area is 77.1 Å². The largest absolute Gasteiger partial charge is 0.301 e. The van der Waals surface area contributed by atoms with E-state index in [1.54, 1.807) is 0 Å². The summed E-state index contributed by atoms with van der Waals surface area (Å²) >= 11 is 0. The summed E-state index contributed by atoms with van der Waals surface area (Å²) in [6.07, 6.45) is 5.62. The van der Waals surface area contributed by atoms with Crippen LogP contribution in [0.5, 0.6) is 0 Å². The van der Waals surface area contributed by atoms with E-state index in [2.05, 4.69) is 25.7 Å². The lowest BCUT2D eigenvalue weighted by atomic mass is 10.1. The third-order valence-corrected chi connectivity index (χ3v) is 2.92. The smallest absolute Gasteiger partial charge is 0.00674 e. The predicted molar refractivity (Wildman–Crippen MR) is 54.3 cm³/mol. The van der Waals surface area contributed by atoms with Crippen molar-refractivity contribution in [3.8, 4) is 0 Å². The van der Waals surface area contributed by atoms with Crippen LogP contribution in [-0.4, -0.2) is 24.0 Å². The van der Waals surface area contributed by atoms with Gasteiger partial charge in [0, 0.05) is 6.04 Å². The van der Waals surface area contributed by atoms with Crippen molar-refractivity contribution in [2.45, 2.75) is 52.5 Å². The Hall–Kier alpha value is -0.0400. The lowest BCUT2D eigenvalue weighted by Crippen LogP contribution is -2.27. The predicted octanol–water partition coefficient (Wildman–Crippen LogP) is 2.91. The van der Waals surface area contributed by atoms with Crippen LogP contribution in [-0.2, 0) is 0 Å². The number of rotatable bonds is 4. The molecular weight excluding hydrogens is 146 g/mol. The third-order valence-electron chi connectivity index (χ3n) is 2.92. The quantitative estimate of drug-likeness (QED) is 0.625. The van der Waals surface area contributed by atoms with Crippen LogP contribution in [0.1, 0.15) is 46.5 Å². The summed E-state index contributed by atoms with van der Waals surface area (Å²) in [5.74, 6) is 0.878. The summed E-state index contributed by atoms with van der Waals surface area (Å²) in [4.78, 5) is 2.64. The second-order valence-electron chi connectivity index (χ2n) is 4.56. The van der Waals surface area contributed by atoms with E-state index in [1.165, 1.54) is 38.8 Å². The lowest BCUT2D eigenvalue weighted by molar-refractivity contribution is 0.258. The fourth-order valence-corrected chi connectivity index (χ4v) is 2.03. The van der Waals surface area contributed by atoms with Crippen molar-refractivity contribution in [3.63, 3.8) is 0 Å². The molecule has 1 rings (SSSR count). The van der Waals surface area contributed by atoms with Gasteiger partial charge >= 0.3 is 0 Å². The number of nitrogens with zero attached hydrogens (tertiary/aromatic N) is 1. The van der Waals surface area contributed by atoms with Crippen molar-refractivity contribution in [2.24, 2.45) is 5.92 Å². The van der Waals surface area contributed by atoms with Crippen molar-refractivity contribution in [2.75, 3.05) is 13.1 Å². The Morgan fingerprint density at radius 2 is 2.17 bits per heavy atom. The van der Waals surface area contributed by atoms with Gasteiger partial charge in [-0.1, -0.05) is 13.8 Å². The number of hydrogen-bond acceptors (Lipinski definition) is 1. The van der Waals surface area contributed by atoms with Crippen LogP contribution < -0.4 is 0 Å². The van der Waals surface area contributed by atoms with Gasteiger partial charge < -0.3 is 4.90 Å². The van der Waals surface area contributed by atoms with Crippen LogP contribution in [0.3, 0.4) is 0 Å². The first-order valence-corrected chi connectivity index (χ1v) is 5.44. The molecule has 1 fully saturated rings. The minimum atomic E-state index is 0.858. The monoisotopic (exact) mass is 169 g/mol. The first-order valence-electron chi connectivity index (χ1n) is 5.44. The van der Waals surface area contributed by atoms with Crippen LogP contribution >= 0.6 is 0 Å². The molecule has 0 aromatic rings. The lowest BCUT2D eigenvalue weighted by Gasteiger charge is -2.20. The van der Waals surface area contributed by atoms with Gasteiger partial charge in [-0.05, 0) is 51.6 Å². The molecule has 72 valence electrons. The van der Waals surface area contributed by atoms with E-state index < -0.39 is 0 Å². The molecule has 1 heteroatoms. The highest BCUT2D eigenvalue weighted by Crippen LogP contribution is 2.17. The third kappa shape index (κ3) is 3.14. The molecular formula is C11H23N. The molecule has 1 heterocycles. The molecule has 1 atom stereocenters. The van der Waals surface area contributed by atoms with Crippen LogP contribution in [0.2, 0.25) is 0 Å². The Balaban J connectivity index is 2.06. The molecule has 1 saturated heterocycles. The van der Waals surface area contributed by atoms with E-state index in [0.717, 1.165) is 12.0 Å². The molecule has 0 aromatic carbocycles. The van der Waals surface area contributed by atoms with Gasteiger partial charge in [0.1, 0.15) is 0 Å². The van der Waals surface area contributed by atoms with E-state index in [4.69, 9.17) is 0 Å². The maximum absolute atomic E-state index is 2.64. The van der Waals surface area contributed by atoms with Gasteiger partial charge in [-0.15, -0.1) is 0 Å². The number of likely N-dealkylation sites (tertiary alicyclic amines) is 1. The summed E-state index contributed by atoms with van der Waals surface area (Å²) in [6, 6.07) is 0.858. The summed E-state index contributed by atoms with van der Waals surface area (Å²) in [5.41, 5.74) is 0. The van der Waals surface area contributed by atoms with E-state index >= 15 is 0 Å². The first-order chi connectivity index (χ1) is 5.70. The van der Waals surface area contributed by atoms with Gasteiger partial charge in [-0.2, -0.15) is 0 Å². The minimum Gasteiger partial charge on any atom is -0.301 e. The maximum atomic E-state index is 2.64. The number of hydrogen-bond donors (Lipinski definition) is 0. The molecule has 0 N–H and O–H groups in total. The minimum absolute atomic E-state index is 0.858. The molecule has 0 aliphatic carbocycles. The van der Waals surface area contributed by atoms with Crippen molar-refractivity contribution in [1.29, 1.82) is 0 Å². The molecule has 0 spiro atoms. The van der Waals surface area contributed by atoms with Crippen LogP contribution in [0.4, 0.5) is 0 Å². The van der Waals surface area contributed by atoms with Crippen LogP contribution in [0.15, 0.2) is 0 Å². The average molecular weight is 169 g/mol. The van der Waals surface area contributed by atoms with E-state index in [9.17, 15) is 0 Å². The molecule has 1 nitrogen and oxygen atoms in total. The highest BCUT2D eigenvalue weighted by Gasteiger charge is 2.18. The SMILES string of the molecule is CC(C)CCCN1CCCC1C. The first kappa shape index (κ1) is 10.0. The van der Waals surface area contributed by atoms with Crippen LogP contribution in [0.25, 0.3) is 0 Å². The Morgan fingerprint density at radius 1 is 1.42 bits per heavy atom. The van der Waals surface area contributed by atoms with Crippen molar-refractivity contribution in [3.05, 3.63) is 0 Å². The summed E-state index contributed by atoms with van der Waals surface area (Å²) < 4.78 is 0. The molecule has 1 unspecified atom stereocenters. The van der Waals surface area contributed by atoms with Gasteiger partial charge in [-0.25, -0.2) is 0 Å². The highest BCUT2D eigenvalue weighted by molar-refractivity contribution is 4.74. The molecule has 0 saturated carbocycles. The maximum Gasteiger partial charge on any atom is 0.00674 e. The zero-order chi connectivity index (χ0) is 8.97. The van der Waals surface area contributed by atoms with Gasteiger partial charge in [0.15, 0.2) is 0 Å². The second kappa shape index (κ2) is 4.86. The summed E-state index contributed by atoms with van der Waals surface area (Å²) in [5, 5.41) is 0. The van der Waals surface area contributed by atoms with E-state index in [1.807, 2.05) is 0 Å². The van der Waals surface area contributed by atoms with Gasteiger partial charge in [0.2, 0.25) is 0 Å². The molecule has 0 radical (unpaired) electrons. The van der Waals surface area contributed by atoms with Gasteiger partial charge in [0.25, 0.3) is 0 Å². The van der Waals surface area contributed by atoms with Crippen molar-refractivity contribution < 1.29 is 0 Å². The molecule has 1 aliphatic heterocycles. The molecule has 1 aliphatic rings. The summed E-state index contributed by atoms with van der Waals surface area (Å²) in [7, 11) is 0. The topological polar surface area (TPSA) is 3.24 Å². The van der Waals surface area contributed by atoms with Gasteiger partial charge in [-0.3, -0.25) is 0 Å². The molecule has 0 bridgehead atoms. The van der Waals surface area contributed by atoms with E-state index in [0.29, 0.717) is 0 Å². The van der Waals surface area contributed by atoms with Crippen molar-refractivity contribution in [1.82, 2.24) is 4.90 Å². The zero-order valence-corrected chi connectivity index (χ0v) is 8.84. The zero-order valence-electron chi connectivity index (χ0n) is 8.84. The summed E-state index contributed by atoms with van der Waals surface area (Å²) in [6.45, 7) is 9.67. The molecule has 12 heavy (non-hydrogen) atoms. The highest BCUT2D eigenvalue weighted by atomic mass is 15.2. The van der Waals surface area contributed by atoms with Crippen LogP contribution in [0, 0.1) is 5.92 Å². The molecule has 0 aromatic heterocycles. The fraction of sp³-hybridized carbons (Fsp3) is 1.00. The Bertz CT molecular complexity index is 120. The van der Waals surface area contributed by atoms with E-state index in [-0.39, 0.29) is 0 Å². The molecule has 0 amide bonds. The normalized spacial score (nSPS) is 25.5.